The third-order valence-electron chi connectivity index (χ3n) is 2.50. The quantitative estimate of drug-likeness (QED) is 0.879. The van der Waals surface area contributed by atoms with Crippen molar-refractivity contribution in [3.63, 3.8) is 0 Å². The molecule has 2 rings (SSSR count). The van der Waals surface area contributed by atoms with Crippen molar-refractivity contribution in [3.05, 3.63) is 59.9 Å². The van der Waals surface area contributed by atoms with Crippen LogP contribution in [0.1, 0.15) is 5.56 Å². The molecule has 2 aromatic carbocycles. The number of ether oxygens (including phenoxy) is 2. The third kappa shape index (κ3) is 3.98. The van der Waals surface area contributed by atoms with Crippen LogP contribution in [0.2, 0.25) is 0 Å². The summed E-state index contributed by atoms with van der Waals surface area (Å²) in [6.45, 7) is -0.0188. The highest BCUT2D eigenvalue weighted by Gasteiger charge is 2.06. The summed E-state index contributed by atoms with van der Waals surface area (Å²) in [5.41, 5.74) is 5.73. The average molecular weight is 275 g/mol. The fourth-order valence-electron chi connectivity index (χ4n) is 1.63. The number of hydrogen-bond donors (Lipinski definition) is 1. The molecule has 0 bridgehead atoms. The van der Waals surface area contributed by atoms with Gasteiger partial charge in [-0.05, 0) is 29.8 Å². The van der Waals surface area contributed by atoms with Crippen LogP contribution < -0.4 is 15.2 Å². The summed E-state index contributed by atoms with van der Waals surface area (Å²) in [7, 11) is 0. The summed E-state index contributed by atoms with van der Waals surface area (Å²) in [4.78, 5) is 10.7. The van der Waals surface area contributed by atoms with Crippen molar-refractivity contribution in [1.29, 1.82) is 0 Å². The zero-order valence-corrected chi connectivity index (χ0v) is 10.7. The number of hydrogen-bond acceptors (Lipinski definition) is 3. The lowest BCUT2D eigenvalue weighted by Gasteiger charge is -2.11. The van der Waals surface area contributed by atoms with Gasteiger partial charge in [-0.3, -0.25) is 4.79 Å². The Balaban J connectivity index is 2.03. The fraction of sp³-hybridized carbons (Fsp3) is 0.133. The lowest BCUT2D eigenvalue weighted by molar-refractivity contribution is -0.119. The van der Waals surface area contributed by atoms with E-state index in [4.69, 9.17) is 15.2 Å². The maximum Gasteiger partial charge on any atom is 0.255 e. The number of nitrogens with two attached hydrogens (primary N) is 1. The number of amides is 1. The van der Waals surface area contributed by atoms with E-state index in [1.54, 1.807) is 36.4 Å². The van der Waals surface area contributed by atoms with E-state index in [0.29, 0.717) is 17.1 Å². The maximum atomic E-state index is 13.1. The molecule has 2 N–H and O–H groups in total. The fourth-order valence-corrected chi connectivity index (χ4v) is 1.63. The molecular formula is C15H14FNO3. The van der Waals surface area contributed by atoms with Gasteiger partial charge in [0.15, 0.2) is 18.1 Å². The third-order valence-corrected chi connectivity index (χ3v) is 2.50. The molecule has 0 heterocycles. The van der Waals surface area contributed by atoms with E-state index in [1.165, 1.54) is 12.1 Å². The molecule has 20 heavy (non-hydrogen) atoms. The number of benzene rings is 2. The molecule has 0 aliphatic heterocycles. The zero-order valence-electron chi connectivity index (χ0n) is 10.7. The summed E-state index contributed by atoms with van der Waals surface area (Å²) in [6.07, 6.45) is 0. The van der Waals surface area contributed by atoms with Crippen LogP contribution >= 0.6 is 0 Å². The second-order valence-corrected chi connectivity index (χ2v) is 4.12. The van der Waals surface area contributed by atoms with E-state index in [-0.39, 0.29) is 19.0 Å². The van der Waals surface area contributed by atoms with Gasteiger partial charge in [0.1, 0.15) is 12.4 Å². The molecule has 4 nitrogen and oxygen atoms in total. The highest BCUT2D eigenvalue weighted by Crippen LogP contribution is 2.27. The van der Waals surface area contributed by atoms with Crippen LogP contribution in [0, 0.1) is 5.82 Å². The van der Waals surface area contributed by atoms with Crippen molar-refractivity contribution < 1.29 is 18.7 Å². The van der Waals surface area contributed by atoms with Crippen molar-refractivity contribution in [2.24, 2.45) is 5.73 Å². The SMILES string of the molecule is NC(=O)COc1ccccc1OCc1cccc(F)c1. The van der Waals surface area contributed by atoms with E-state index in [2.05, 4.69) is 0 Å². The maximum absolute atomic E-state index is 13.1. The largest absolute Gasteiger partial charge is 0.485 e. The summed E-state index contributed by atoms with van der Waals surface area (Å²) < 4.78 is 23.9. The second-order valence-electron chi connectivity index (χ2n) is 4.12. The van der Waals surface area contributed by atoms with Gasteiger partial charge in [0.05, 0.1) is 0 Å². The zero-order chi connectivity index (χ0) is 14.4. The Hall–Kier alpha value is -2.56. The van der Waals surface area contributed by atoms with E-state index >= 15 is 0 Å². The van der Waals surface area contributed by atoms with E-state index in [9.17, 15) is 9.18 Å². The molecule has 0 aliphatic rings. The first kappa shape index (κ1) is 13.9. The molecule has 5 heteroatoms. The molecule has 0 spiro atoms. The molecule has 0 aliphatic carbocycles. The van der Waals surface area contributed by atoms with Crippen molar-refractivity contribution in [1.82, 2.24) is 0 Å². The minimum atomic E-state index is -0.565. The lowest BCUT2D eigenvalue weighted by atomic mass is 10.2. The van der Waals surface area contributed by atoms with Gasteiger partial charge in [0.2, 0.25) is 0 Å². The Kier molecular flexibility index (Phi) is 4.55. The molecule has 104 valence electrons. The van der Waals surface area contributed by atoms with Crippen molar-refractivity contribution >= 4 is 5.91 Å². The Morgan fingerprint density at radius 1 is 1.05 bits per heavy atom. The topological polar surface area (TPSA) is 61.6 Å². The van der Waals surface area contributed by atoms with Gasteiger partial charge in [0, 0.05) is 0 Å². The standard InChI is InChI=1S/C15H14FNO3/c16-12-5-3-4-11(8-12)9-19-13-6-1-2-7-14(13)20-10-15(17)18/h1-8H,9-10H2,(H2,17,18). The lowest BCUT2D eigenvalue weighted by Crippen LogP contribution is -2.20. The smallest absolute Gasteiger partial charge is 0.255 e. The van der Waals surface area contributed by atoms with E-state index < -0.39 is 5.91 Å². The predicted molar refractivity (Wildman–Crippen MR) is 71.9 cm³/mol. The van der Waals surface area contributed by atoms with Gasteiger partial charge in [-0.1, -0.05) is 24.3 Å². The number of carbonyl (C=O) groups excluding carboxylic acids is 1. The highest BCUT2D eigenvalue weighted by molar-refractivity contribution is 5.75. The van der Waals surface area contributed by atoms with Crippen LogP contribution in [-0.2, 0) is 11.4 Å². The monoisotopic (exact) mass is 275 g/mol. The van der Waals surface area contributed by atoms with Crippen LogP contribution in [0.5, 0.6) is 11.5 Å². The number of halogens is 1. The van der Waals surface area contributed by atoms with Gasteiger partial charge >= 0.3 is 0 Å². The molecule has 0 fully saturated rings. The molecule has 0 radical (unpaired) electrons. The van der Waals surface area contributed by atoms with Gasteiger partial charge in [-0.25, -0.2) is 4.39 Å². The van der Waals surface area contributed by atoms with Gasteiger partial charge in [-0.15, -0.1) is 0 Å². The molecule has 0 aromatic heterocycles. The summed E-state index contributed by atoms with van der Waals surface area (Å²) in [6, 6.07) is 13.0. The summed E-state index contributed by atoms with van der Waals surface area (Å²) in [5, 5.41) is 0. The first-order valence-electron chi connectivity index (χ1n) is 6.02. The Morgan fingerprint density at radius 2 is 1.75 bits per heavy atom. The van der Waals surface area contributed by atoms with Crippen LogP contribution in [0.15, 0.2) is 48.5 Å². The van der Waals surface area contributed by atoms with E-state index in [0.717, 1.165) is 0 Å². The molecule has 2 aromatic rings. The number of rotatable bonds is 6. The Labute approximate surface area is 115 Å². The summed E-state index contributed by atoms with van der Waals surface area (Å²) >= 11 is 0. The Bertz CT molecular complexity index is 601. The molecular weight excluding hydrogens is 261 g/mol. The van der Waals surface area contributed by atoms with E-state index in [1.807, 2.05) is 0 Å². The number of primary amides is 1. The molecule has 0 atom stereocenters. The summed E-state index contributed by atoms with van der Waals surface area (Å²) in [5.74, 6) is 0.00927. The van der Waals surface area contributed by atoms with Crippen molar-refractivity contribution in [2.45, 2.75) is 6.61 Å². The molecule has 0 saturated carbocycles. The van der Waals surface area contributed by atoms with Gasteiger partial charge < -0.3 is 15.2 Å². The van der Waals surface area contributed by atoms with Crippen LogP contribution in [0.25, 0.3) is 0 Å². The highest BCUT2D eigenvalue weighted by atomic mass is 19.1. The first-order valence-corrected chi connectivity index (χ1v) is 6.02. The van der Waals surface area contributed by atoms with Gasteiger partial charge in [0.25, 0.3) is 5.91 Å². The minimum absolute atomic E-state index is 0.203. The van der Waals surface area contributed by atoms with Crippen LogP contribution in [0.4, 0.5) is 4.39 Å². The molecule has 1 amide bonds. The molecule has 0 saturated heterocycles. The van der Waals surface area contributed by atoms with Crippen LogP contribution in [0.3, 0.4) is 0 Å². The number of carbonyl (C=O) groups is 1. The first-order chi connectivity index (χ1) is 9.65. The van der Waals surface area contributed by atoms with Gasteiger partial charge in [-0.2, -0.15) is 0 Å². The van der Waals surface area contributed by atoms with Crippen molar-refractivity contribution in [3.8, 4) is 11.5 Å². The Morgan fingerprint density at radius 3 is 2.40 bits per heavy atom. The average Bonchev–Trinajstić information content (AvgIpc) is 2.44. The van der Waals surface area contributed by atoms with Crippen molar-refractivity contribution in [2.75, 3.05) is 6.61 Å². The predicted octanol–water partition coefficient (Wildman–Crippen LogP) is 2.27. The van der Waals surface area contributed by atoms with Crippen LogP contribution in [-0.4, -0.2) is 12.5 Å². The number of para-hydroxylation sites is 2. The minimum Gasteiger partial charge on any atom is -0.485 e. The second kappa shape index (κ2) is 6.56. The normalized spacial score (nSPS) is 10.1. The molecule has 0 unspecified atom stereocenters.